The van der Waals surface area contributed by atoms with Crippen molar-refractivity contribution in [2.24, 2.45) is 5.92 Å². The first-order valence-corrected chi connectivity index (χ1v) is 10.2. The molecule has 0 radical (unpaired) electrons. The molecule has 0 bridgehead atoms. The summed E-state index contributed by atoms with van der Waals surface area (Å²) >= 11 is 0. The Bertz CT molecular complexity index is 1020. The Labute approximate surface area is 175 Å². The minimum Gasteiger partial charge on any atom is -0.465 e. The van der Waals surface area contributed by atoms with Gasteiger partial charge in [-0.25, -0.2) is 15.0 Å². The third-order valence-corrected chi connectivity index (χ3v) is 5.13. The highest BCUT2D eigenvalue weighted by Gasteiger charge is 2.23. The number of furan rings is 1. The zero-order valence-electron chi connectivity index (χ0n) is 17.0. The lowest BCUT2D eigenvalue weighted by molar-refractivity contribution is -0.127. The number of anilines is 2. The Balaban J connectivity index is 1.36. The molecule has 1 saturated heterocycles. The van der Waals surface area contributed by atoms with E-state index < -0.39 is 0 Å². The van der Waals surface area contributed by atoms with E-state index in [0.717, 1.165) is 55.4 Å². The van der Waals surface area contributed by atoms with Crippen LogP contribution in [-0.2, 0) is 11.2 Å². The number of hydrogen-bond acceptors (Lipinski definition) is 6. The number of carbonyl (C=O) groups is 1. The molecule has 1 fully saturated rings. The van der Waals surface area contributed by atoms with Gasteiger partial charge in [0.1, 0.15) is 23.7 Å². The lowest BCUT2D eigenvalue weighted by Crippen LogP contribution is -2.39. The summed E-state index contributed by atoms with van der Waals surface area (Å²) in [6, 6.07) is 11.4. The summed E-state index contributed by atoms with van der Waals surface area (Å²) in [5, 5.41) is 3.23. The van der Waals surface area contributed by atoms with Crippen molar-refractivity contribution >= 4 is 23.6 Å². The highest BCUT2D eigenvalue weighted by atomic mass is 16.3. The van der Waals surface area contributed by atoms with Crippen LogP contribution in [0.15, 0.2) is 59.5 Å². The Hall–Kier alpha value is -3.48. The van der Waals surface area contributed by atoms with Crippen LogP contribution in [0.5, 0.6) is 0 Å². The van der Waals surface area contributed by atoms with Gasteiger partial charge < -0.3 is 14.6 Å². The topological polar surface area (TPSA) is 84.2 Å². The Morgan fingerprint density at radius 1 is 1.27 bits per heavy atom. The predicted molar refractivity (Wildman–Crippen MR) is 115 cm³/mol. The number of hydrogen-bond donors (Lipinski definition) is 1. The third kappa shape index (κ3) is 5.31. The maximum absolute atomic E-state index is 12.5. The van der Waals surface area contributed by atoms with Crippen molar-refractivity contribution in [3.63, 3.8) is 0 Å². The first-order chi connectivity index (χ1) is 14.7. The summed E-state index contributed by atoms with van der Waals surface area (Å²) in [6.45, 7) is 3.47. The molecule has 1 aliphatic heterocycles. The van der Waals surface area contributed by atoms with Crippen molar-refractivity contribution in [2.45, 2.75) is 26.2 Å². The smallest absolute Gasteiger partial charge is 0.246 e. The van der Waals surface area contributed by atoms with Crippen LogP contribution in [0.2, 0.25) is 0 Å². The summed E-state index contributed by atoms with van der Waals surface area (Å²) in [4.78, 5) is 27.6. The van der Waals surface area contributed by atoms with E-state index in [2.05, 4.69) is 20.3 Å². The molecule has 0 spiro atoms. The minimum atomic E-state index is 0.0201. The van der Waals surface area contributed by atoms with Gasteiger partial charge in [0.15, 0.2) is 0 Å². The van der Waals surface area contributed by atoms with Gasteiger partial charge in [-0.2, -0.15) is 0 Å². The lowest BCUT2D eigenvalue weighted by atomic mass is 9.93. The van der Waals surface area contributed by atoms with Crippen molar-refractivity contribution in [1.82, 2.24) is 19.9 Å². The van der Waals surface area contributed by atoms with Gasteiger partial charge in [-0.05, 0) is 62.4 Å². The zero-order valence-corrected chi connectivity index (χ0v) is 17.0. The Morgan fingerprint density at radius 2 is 2.20 bits per heavy atom. The number of aromatic nitrogens is 3. The first kappa shape index (κ1) is 19.8. The fourth-order valence-corrected chi connectivity index (χ4v) is 3.69. The third-order valence-electron chi connectivity index (χ3n) is 5.13. The monoisotopic (exact) mass is 403 g/mol. The molecule has 1 unspecified atom stereocenters. The highest BCUT2D eigenvalue weighted by molar-refractivity contribution is 5.91. The molecule has 4 rings (SSSR count). The molecule has 3 aromatic rings. The van der Waals surface area contributed by atoms with Gasteiger partial charge in [0, 0.05) is 36.6 Å². The quantitative estimate of drug-likeness (QED) is 0.626. The van der Waals surface area contributed by atoms with Gasteiger partial charge in [-0.3, -0.25) is 4.79 Å². The second kappa shape index (κ2) is 9.35. The highest BCUT2D eigenvalue weighted by Crippen LogP contribution is 2.22. The summed E-state index contributed by atoms with van der Waals surface area (Å²) in [5.41, 5.74) is 1.91. The van der Waals surface area contributed by atoms with Crippen LogP contribution in [0.25, 0.3) is 6.08 Å². The van der Waals surface area contributed by atoms with Crippen molar-refractivity contribution in [3.05, 3.63) is 72.2 Å². The van der Waals surface area contributed by atoms with Crippen molar-refractivity contribution in [1.29, 1.82) is 0 Å². The molecule has 30 heavy (non-hydrogen) atoms. The molecule has 4 heterocycles. The standard InChI is InChI=1S/C23H25N5O2/c1-17-5-2-8-21(26-17)27-22-14-19(24-16-25-22)13-18-6-3-11-28(15-18)23(29)10-9-20-7-4-12-30-20/h2,4-5,7-10,12,14,16,18H,3,6,11,13,15H2,1H3,(H,24,25,26,27)/b10-9+. The molecule has 1 N–H and O–H groups in total. The first-order valence-electron chi connectivity index (χ1n) is 10.2. The second-order valence-corrected chi connectivity index (χ2v) is 7.53. The molecule has 0 aliphatic carbocycles. The fraction of sp³-hybridized carbons (Fsp3) is 0.304. The molecular formula is C23H25N5O2. The number of nitrogens with zero attached hydrogens (tertiary/aromatic N) is 4. The van der Waals surface area contributed by atoms with Crippen LogP contribution in [-0.4, -0.2) is 38.8 Å². The van der Waals surface area contributed by atoms with Gasteiger partial charge in [0.25, 0.3) is 0 Å². The Morgan fingerprint density at radius 3 is 3.03 bits per heavy atom. The molecule has 1 atom stereocenters. The molecular weight excluding hydrogens is 378 g/mol. The van der Waals surface area contributed by atoms with Crippen LogP contribution in [0.3, 0.4) is 0 Å². The van der Waals surface area contributed by atoms with E-state index >= 15 is 0 Å². The molecule has 154 valence electrons. The van der Waals surface area contributed by atoms with Crippen LogP contribution in [0, 0.1) is 12.8 Å². The van der Waals surface area contributed by atoms with Gasteiger partial charge in [-0.1, -0.05) is 6.07 Å². The number of rotatable bonds is 6. The van der Waals surface area contributed by atoms with Gasteiger partial charge in [-0.15, -0.1) is 0 Å². The molecule has 7 nitrogen and oxygen atoms in total. The molecule has 3 aromatic heterocycles. The van der Waals surface area contributed by atoms with Crippen molar-refractivity contribution in [3.8, 4) is 0 Å². The van der Waals surface area contributed by atoms with Crippen LogP contribution >= 0.6 is 0 Å². The van der Waals surface area contributed by atoms with E-state index in [1.54, 1.807) is 30.8 Å². The number of piperidine rings is 1. The summed E-state index contributed by atoms with van der Waals surface area (Å²) in [5.74, 6) is 2.56. The van der Waals surface area contributed by atoms with E-state index in [9.17, 15) is 4.79 Å². The van der Waals surface area contributed by atoms with E-state index in [1.807, 2.05) is 42.2 Å². The molecule has 7 heteroatoms. The lowest BCUT2D eigenvalue weighted by Gasteiger charge is -2.32. The van der Waals surface area contributed by atoms with Crippen molar-refractivity contribution in [2.75, 3.05) is 18.4 Å². The number of nitrogens with one attached hydrogen (secondary N) is 1. The number of amides is 1. The number of pyridine rings is 1. The molecule has 0 aromatic carbocycles. The zero-order chi connectivity index (χ0) is 20.8. The average molecular weight is 403 g/mol. The fourth-order valence-electron chi connectivity index (χ4n) is 3.69. The Kier molecular flexibility index (Phi) is 6.17. The number of likely N-dealkylation sites (tertiary alicyclic amines) is 1. The summed E-state index contributed by atoms with van der Waals surface area (Å²) < 4.78 is 5.25. The van der Waals surface area contributed by atoms with Gasteiger partial charge in [0.2, 0.25) is 5.91 Å². The van der Waals surface area contributed by atoms with Gasteiger partial charge >= 0.3 is 0 Å². The van der Waals surface area contributed by atoms with E-state index in [0.29, 0.717) is 11.7 Å². The van der Waals surface area contributed by atoms with Crippen LogP contribution in [0.1, 0.15) is 30.0 Å². The van der Waals surface area contributed by atoms with Crippen molar-refractivity contribution < 1.29 is 9.21 Å². The number of aryl methyl sites for hydroxylation is 1. The summed E-state index contributed by atoms with van der Waals surface area (Å²) in [6.07, 6.45) is 9.36. The molecule has 1 amide bonds. The second-order valence-electron chi connectivity index (χ2n) is 7.53. The van der Waals surface area contributed by atoms with Gasteiger partial charge in [0.05, 0.1) is 6.26 Å². The maximum atomic E-state index is 12.5. The van der Waals surface area contributed by atoms with E-state index in [4.69, 9.17) is 4.42 Å². The SMILES string of the molecule is Cc1cccc(Nc2cc(CC3CCCN(C(=O)/C=C/c4ccco4)C3)ncn2)n1. The molecule has 1 aliphatic rings. The van der Waals surface area contributed by atoms with Crippen LogP contribution < -0.4 is 5.32 Å². The summed E-state index contributed by atoms with van der Waals surface area (Å²) in [7, 11) is 0. The van der Waals surface area contributed by atoms with E-state index in [1.165, 1.54) is 0 Å². The average Bonchev–Trinajstić information content (AvgIpc) is 3.26. The molecule has 0 saturated carbocycles. The normalized spacial score (nSPS) is 16.7. The predicted octanol–water partition coefficient (Wildman–Crippen LogP) is 4.01. The minimum absolute atomic E-state index is 0.0201. The van der Waals surface area contributed by atoms with E-state index in [-0.39, 0.29) is 5.91 Å². The number of carbonyl (C=O) groups excluding carboxylic acids is 1. The van der Waals surface area contributed by atoms with Crippen LogP contribution in [0.4, 0.5) is 11.6 Å². The maximum Gasteiger partial charge on any atom is 0.246 e. The largest absolute Gasteiger partial charge is 0.465 e.